The third-order valence-corrected chi connectivity index (χ3v) is 7.07. The molecular weight excluding hydrogens is 434 g/mol. The summed E-state index contributed by atoms with van der Waals surface area (Å²) in [5.41, 5.74) is 2.24. The summed E-state index contributed by atoms with van der Waals surface area (Å²) in [6.45, 7) is 4.32. The van der Waals surface area contributed by atoms with E-state index in [2.05, 4.69) is 45.2 Å². The highest BCUT2D eigenvalue weighted by atomic mass is 35.5. The normalized spacial score (nSPS) is 14.9. The molecule has 0 atom stereocenters. The third-order valence-electron chi connectivity index (χ3n) is 5.73. The number of hydrogen-bond donors (Lipinski definition) is 0. The fraction of sp³-hybridized carbons (Fsp3) is 0.435. The van der Waals surface area contributed by atoms with Crippen LogP contribution in [0.1, 0.15) is 33.6 Å². The van der Waals surface area contributed by atoms with Crippen molar-refractivity contribution < 1.29 is 14.3 Å². The van der Waals surface area contributed by atoms with Crippen molar-refractivity contribution in [3.63, 3.8) is 0 Å². The van der Waals surface area contributed by atoms with Gasteiger partial charge in [0.25, 0.3) is 0 Å². The van der Waals surface area contributed by atoms with Crippen LogP contribution in [0.3, 0.4) is 0 Å². The van der Waals surface area contributed by atoms with Gasteiger partial charge in [0.1, 0.15) is 22.1 Å². The van der Waals surface area contributed by atoms with E-state index in [0.29, 0.717) is 17.4 Å². The van der Waals surface area contributed by atoms with E-state index in [1.165, 1.54) is 16.9 Å². The molecular formula is C23H26ClN3O3S. The maximum Gasteiger partial charge on any atom is 0.348 e. The summed E-state index contributed by atoms with van der Waals surface area (Å²) < 4.78 is 10.3. The number of thiophene rings is 1. The Kier molecular flexibility index (Phi) is 7.05. The zero-order chi connectivity index (χ0) is 21.8. The summed E-state index contributed by atoms with van der Waals surface area (Å²) in [5, 5.41) is 1.10. The van der Waals surface area contributed by atoms with Gasteiger partial charge in [-0.05, 0) is 54.8 Å². The fourth-order valence-corrected chi connectivity index (χ4v) is 5.38. The monoisotopic (exact) mass is 459 g/mol. The minimum absolute atomic E-state index is 0.203. The smallest absolute Gasteiger partial charge is 0.348 e. The van der Waals surface area contributed by atoms with Crippen LogP contribution in [0.15, 0.2) is 30.3 Å². The van der Waals surface area contributed by atoms with Gasteiger partial charge in [0.2, 0.25) is 5.28 Å². The number of benzene rings is 1. The Bertz CT molecular complexity index is 1050. The molecule has 31 heavy (non-hydrogen) atoms. The number of hydrogen-bond acceptors (Lipinski definition) is 7. The van der Waals surface area contributed by atoms with Crippen LogP contribution < -0.4 is 4.90 Å². The van der Waals surface area contributed by atoms with Crippen LogP contribution in [0.5, 0.6) is 0 Å². The quantitative estimate of drug-likeness (QED) is 0.284. The number of carbonyl (C=O) groups excluding carboxylic acids is 1. The number of methoxy groups -OCH3 is 1. The highest BCUT2D eigenvalue weighted by molar-refractivity contribution is 7.20. The number of rotatable bonds is 7. The number of anilines is 1. The predicted molar refractivity (Wildman–Crippen MR) is 124 cm³/mol. The Hall–Kier alpha value is -2.22. The number of halogens is 1. The minimum Gasteiger partial charge on any atom is -0.459 e. The van der Waals surface area contributed by atoms with E-state index in [4.69, 9.17) is 21.1 Å². The lowest BCUT2D eigenvalue weighted by molar-refractivity contribution is 0.0393. The molecule has 1 aromatic carbocycles. The van der Waals surface area contributed by atoms with Crippen LogP contribution in [0.25, 0.3) is 10.2 Å². The molecule has 0 bridgehead atoms. The van der Waals surface area contributed by atoms with Crippen molar-refractivity contribution in [3.05, 3.63) is 51.6 Å². The molecule has 1 saturated heterocycles. The van der Waals surface area contributed by atoms with E-state index in [9.17, 15) is 4.79 Å². The topological polar surface area (TPSA) is 64.5 Å². The number of aryl methyl sites for hydroxylation is 1. The van der Waals surface area contributed by atoms with E-state index >= 15 is 0 Å². The molecule has 0 saturated carbocycles. The Balaban J connectivity index is 1.53. The summed E-state index contributed by atoms with van der Waals surface area (Å²) in [7, 11) is 1.57. The number of piperidine rings is 1. The van der Waals surface area contributed by atoms with Crippen molar-refractivity contribution in [3.8, 4) is 0 Å². The van der Waals surface area contributed by atoms with Crippen molar-refractivity contribution in [2.45, 2.75) is 26.2 Å². The van der Waals surface area contributed by atoms with E-state index in [0.717, 1.165) is 53.9 Å². The van der Waals surface area contributed by atoms with Gasteiger partial charge in [0.15, 0.2) is 0 Å². The first-order valence-corrected chi connectivity index (χ1v) is 11.7. The maximum absolute atomic E-state index is 12.5. The van der Waals surface area contributed by atoms with E-state index in [-0.39, 0.29) is 17.9 Å². The highest BCUT2D eigenvalue weighted by Gasteiger charge is 2.26. The molecule has 0 unspecified atom stereocenters. The number of aromatic nitrogens is 2. The Labute approximate surface area is 191 Å². The molecule has 3 heterocycles. The van der Waals surface area contributed by atoms with E-state index in [1.54, 1.807) is 7.11 Å². The van der Waals surface area contributed by atoms with Gasteiger partial charge in [-0.1, -0.05) is 30.3 Å². The van der Waals surface area contributed by atoms with Crippen molar-refractivity contribution in [2.75, 3.05) is 38.3 Å². The molecule has 164 valence electrons. The third kappa shape index (κ3) is 5.00. The lowest BCUT2D eigenvalue weighted by Crippen LogP contribution is -2.35. The minimum atomic E-state index is -0.360. The summed E-state index contributed by atoms with van der Waals surface area (Å²) in [6, 6.07) is 10.6. The number of ether oxygens (including phenoxy) is 2. The molecule has 0 radical (unpaired) electrons. The van der Waals surface area contributed by atoms with E-state index < -0.39 is 0 Å². The second kappa shape index (κ2) is 9.94. The number of carbonyl (C=O) groups is 1. The summed E-state index contributed by atoms with van der Waals surface area (Å²) in [4.78, 5) is 25.0. The Morgan fingerprint density at radius 3 is 2.65 bits per heavy atom. The first kappa shape index (κ1) is 22.0. The molecule has 0 amide bonds. The van der Waals surface area contributed by atoms with Gasteiger partial charge < -0.3 is 14.4 Å². The van der Waals surface area contributed by atoms with Crippen molar-refractivity contribution in [1.29, 1.82) is 0 Å². The first-order valence-electron chi connectivity index (χ1n) is 10.5. The second-order valence-corrected chi connectivity index (χ2v) is 9.14. The molecule has 6 nitrogen and oxygen atoms in total. The average Bonchev–Trinajstić information content (AvgIpc) is 3.11. The summed E-state index contributed by atoms with van der Waals surface area (Å²) in [6.07, 6.45) is 3.28. The van der Waals surface area contributed by atoms with Gasteiger partial charge in [0.05, 0.1) is 12.0 Å². The SMILES string of the molecule is COCCOC(=O)c1sc2nc(Cl)nc(N3CCC(Cc4ccccc4)CC3)c2c1C. The summed E-state index contributed by atoms with van der Waals surface area (Å²) >= 11 is 7.55. The molecule has 0 N–H and O–H groups in total. The van der Waals surface area contributed by atoms with Crippen LogP contribution in [-0.4, -0.2) is 49.4 Å². The van der Waals surface area contributed by atoms with Gasteiger partial charge in [-0.25, -0.2) is 9.78 Å². The maximum atomic E-state index is 12.5. The Morgan fingerprint density at radius 1 is 1.19 bits per heavy atom. The molecule has 1 fully saturated rings. The average molecular weight is 460 g/mol. The zero-order valence-electron chi connectivity index (χ0n) is 17.8. The van der Waals surface area contributed by atoms with Gasteiger partial charge in [-0.3, -0.25) is 0 Å². The lowest BCUT2D eigenvalue weighted by atomic mass is 9.90. The number of fused-ring (bicyclic) bond motifs is 1. The standard InChI is InChI=1S/C23H26ClN3O3S/c1-15-18-20(27-10-8-17(9-11-27)14-16-6-4-3-5-7-16)25-23(24)26-21(18)31-19(15)22(28)30-13-12-29-2/h3-7,17H,8-14H2,1-2H3. The largest absolute Gasteiger partial charge is 0.459 e. The van der Waals surface area contributed by atoms with Crippen LogP contribution >= 0.6 is 22.9 Å². The first-order chi connectivity index (χ1) is 15.1. The Morgan fingerprint density at radius 2 is 1.94 bits per heavy atom. The van der Waals surface area contributed by atoms with Crippen LogP contribution in [0, 0.1) is 12.8 Å². The van der Waals surface area contributed by atoms with Crippen LogP contribution in [0.4, 0.5) is 5.82 Å². The molecule has 8 heteroatoms. The molecule has 3 aromatic rings. The number of nitrogens with zero attached hydrogens (tertiary/aromatic N) is 3. The summed E-state index contributed by atoms with van der Waals surface area (Å²) in [5.74, 6) is 1.11. The fourth-order valence-electron chi connectivity index (χ4n) is 4.10. The molecule has 0 aliphatic carbocycles. The molecule has 1 aliphatic rings. The van der Waals surface area contributed by atoms with Crippen molar-refractivity contribution in [2.24, 2.45) is 5.92 Å². The lowest BCUT2D eigenvalue weighted by Gasteiger charge is -2.33. The van der Waals surface area contributed by atoms with Crippen LogP contribution in [-0.2, 0) is 15.9 Å². The van der Waals surface area contributed by atoms with Crippen molar-refractivity contribution in [1.82, 2.24) is 9.97 Å². The van der Waals surface area contributed by atoms with Gasteiger partial charge in [-0.2, -0.15) is 4.98 Å². The van der Waals surface area contributed by atoms with E-state index in [1.807, 2.05) is 6.92 Å². The number of esters is 1. The predicted octanol–water partition coefficient (Wildman–Crippen LogP) is 4.92. The van der Waals surface area contributed by atoms with Gasteiger partial charge in [-0.15, -0.1) is 11.3 Å². The highest BCUT2D eigenvalue weighted by Crippen LogP contribution is 2.38. The van der Waals surface area contributed by atoms with Gasteiger partial charge >= 0.3 is 5.97 Å². The molecule has 4 rings (SSSR count). The second-order valence-electron chi connectivity index (χ2n) is 7.80. The van der Waals surface area contributed by atoms with Crippen LogP contribution in [0.2, 0.25) is 5.28 Å². The zero-order valence-corrected chi connectivity index (χ0v) is 19.3. The molecule has 0 spiro atoms. The molecule has 1 aliphatic heterocycles. The van der Waals surface area contributed by atoms with Crippen molar-refractivity contribution >= 4 is 44.9 Å². The van der Waals surface area contributed by atoms with Gasteiger partial charge in [0, 0.05) is 20.2 Å². The molecule has 2 aromatic heterocycles.